The molecule has 0 fully saturated rings. The Morgan fingerprint density at radius 3 is 2.22 bits per heavy atom. The van der Waals surface area contributed by atoms with Crippen molar-refractivity contribution in [3.8, 4) is 0 Å². The third kappa shape index (κ3) is 6.85. The number of ether oxygens (including phenoxy) is 2. The fraction of sp³-hybridized carbons (Fsp3) is 0.692. The van der Waals surface area contributed by atoms with E-state index in [0.717, 1.165) is 50.5 Å². The third-order valence-electron chi connectivity index (χ3n) is 2.51. The van der Waals surface area contributed by atoms with Crippen molar-refractivity contribution < 1.29 is 9.47 Å². The molecule has 0 atom stereocenters. The highest BCUT2D eigenvalue weighted by molar-refractivity contribution is 9.10. The Labute approximate surface area is 122 Å². The molecule has 0 bridgehead atoms. The van der Waals surface area contributed by atoms with Crippen molar-refractivity contribution in [3.05, 3.63) is 20.8 Å². The Morgan fingerprint density at radius 2 is 1.78 bits per heavy atom. The van der Waals surface area contributed by atoms with Gasteiger partial charge in [-0.1, -0.05) is 0 Å². The molecule has 0 spiro atoms. The van der Waals surface area contributed by atoms with Crippen molar-refractivity contribution in [1.29, 1.82) is 0 Å². The highest BCUT2D eigenvalue weighted by Gasteiger charge is 2.07. The molecular weight excluding hydrogens is 314 g/mol. The summed E-state index contributed by atoms with van der Waals surface area (Å²) in [4.78, 5) is 3.75. The van der Waals surface area contributed by atoms with Gasteiger partial charge >= 0.3 is 0 Å². The number of thiophene rings is 1. The van der Waals surface area contributed by atoms with Gasteiger partial charge in [0.15, 0.2) is 0 Å². The van der Waals surface area contributed by atoms with Gasteiger partial charge in [0.05, 0.1) is 13.2 Å². The van der Waals surface area contributed by atoms with E-state index in [9.17, 15) is 0 Å². The first-order valence-electron chi connectivity index (χ1n) is 6.37. The molecular formula is C13H22BrNO2S. The highest BCUT2D eigenvalue weighted by Crippen LogP contribution is 2.21. The monoisotopic (exact) mass is 335 g/mol. The second-order valence-electron chi connectivity index (χ2n) is 3.90. The van der Waals surface area contributed by atoms with E-state index in [1.54, 1.807) is 11.3 Å². The zero-order chi connectivity index (χ0) is 13.2. The number of nitrogens with zero attached hydrogens (tertiary/aromatic N) is 1. The second kappa shape index (κ2) is 9.92. The lowest BCUT2D eigenvalue weighted by Gasteiger charge is -2.21. The Balaban J connectivity index is 2.37. The summed E-state index contributed by atoms with van der Waals surface area (Å²) in [6, 6.07) is 2.18. The minimum Gasteiger partial charge on any atom is -0.380 e. The van der Waals surface area contributed by atoms with E-state index < -0.39 is 0 Å². The third-order valence-corrected chi connectivity index (χ3v) is 4.20. The summed E-state index contributed by atoms with van der Waals surface area (Å²) in [6.07, 6.45) is 0. The molecule has 1 aromatic heterocycles. The summed E-state index contributed by atoms with van der Waals surface area (Å²) in [5.41, 5.74) is 0. The van der Waals surface area contributed by atoms with Crippen molar-refractivity contribution in [1.82, 2.24) is 4.90 Å². The molecule has 5 heteroatoms. The van der Waals surface area contributed by atoms with Gasteiger partial charge in [-0.2, -0.15) is 0 Å². The van der Waals surface area contributed by atoms with E-state index in [1.807, 2.05) is 13.8 Å². The van der Waals surface area contributed by atoms with Crippen molar-refractivity contribution in [2.45, 2.75) is 20.4 Å². The van der Waals surface area contributed by atoms with Gasteiger partial charge in [-0.25, -0.2) is 0 Å². The van der Waals surface area contributed by atoms with Crippen LogP contribution in [-0.4, -0.2) is 44.4 Å². The van der Waals surface area contributed by atoms with Gasteiger partial charge in [-0.05, 0) is 35.8 Å². The molecule has 0 saturated heterocycles. The van der Waals surface area contributed by atoms with E-state index in [0.29, 0.717) is 0 Å². The van der Waals surface area contributed by atoms with Crippen LogP contribution >= 0.6 is 27.3 Å². The van der Waals surface area contributed by atoms with Gasteiger partial charge in [0.2, 0.25) is 0 Å². The Hall–Kier alpha value is 0.0600. The van der Waals surface area contributed by atoms with Crippen LogP contribution in [0.2, 0.25) is 0 Å². The first-order chi connectivity index (χ1) is 8.76. The molecule has 18 heavy (non-hydrogen) atoms. The largest absolute Gasteiger partial charge is 0.380 e. The summed E-state index contributed by atoms with van der Waals surface area (Å²) in [6.45, 7) is 10.1. The summed E-state index contributed by atoms with van der Waals surface area (Å²) in [5, 5.41) is 2.12. The predicted molar refractivity (Wildman–Crippen MR) is 80.3 cm³/mol. The summed E-state index contributed by atoms with van der Waals surface area (Å²) in [7, 11) is 0. The van der Waals surface area contributed by atoms with E-state index >= 15 is 0 Å². The summed E-state index contributed by atoms with van der Waals surface area (Å²) >= 11 is 5.28. The number of halogens is 1. The molecule has 0 aliphatic carbocycles. The average molecular weight is 336 g/mol. The Kier molecular flexibility index (Phi) is 8.88. The van der Waals surface area contributed by atoms with Gasteiger partial charge in [0.25, 0.3) is 0 Å². The van der Waals surface area contributed by atoms with E-state index in [4.69, 9.17) is 9.47 Å². The van der Waals surface area contributed by atoms with Gasteiger partial charge in [0.1, 0.15) is 0 Å². The SMILES string of the molecule is CCOCCN(CCOCC)Cc1cc(Br)cs1. The van der Waals surface area contributed by atoms with Crippen LogP contribution in [0.3, 0.4) is 0 Å². The lowest BCUT2D eigenvalue weighted by molar-refractivity contribution is 0.0802. The van der Waals surface area contributed by atoms with Crippen LogP contribution in [0.15, 0.2) is 15.9 Å². The van der Waals surface area contributed by atoms with Crippen LogP contribution in [0.4, 0.5) is 0 Å². The minimum absolute atomic E-state index is 0.782. The fourth-order valence-electron chi connectivity index (χ4n) is 1.60. The molecule has 0 unspecified atom stereocenters. The van der Waals surface area contributed by atoms with Crippen molar-refractivity contribution in [3.63, 3.8) is 0 Å². The zero-order valence-electron chi connectivity index (χ0n) is 11.2. The molecule has 0 saturated carbocycles. The Morgan fingerprint density at radius 1 is 1.17 bits per heavy atom. The maximum absolute atomic E-state index is 5.42. The van der Waals surface area contributed by atoms with Crippen molar-refractivity contribution in [2.24, 2.45) is 0 Å². The maximum Gasteiger partial charge on any atom is 0.0593 e. The smallest absolute Gasteiger partial charge is 0.0593 e. The molecule has 0 amide bonds. The zero-order valence-corrected chi connectivity index (χ0v) is 13.6. The topological polar surface area (TPSA) is 21.7 Å². The van der Waals surface area contributed by atoms with Gasteiger partial charge in [-0.15, -0.1) is 11.3 Å². The molecule has 1 heterocycles. The average Bonchev–Trinajstić information content (AvgIpc) is 2.75. The summed E-state index contributed by atoms with van der Waals surface area (Å²) < 4.78 is 12.0. The molecule has 1 aromatic rings. The van der Waals surface area contributed by atoms with Crippen LogP contribution in [0.5, 0.6) is 0 Å². The first kappa shape index (κ1) is 16.1. The summed E-state index contributed by atoms with van der Waals surface area (Å²) in [5.74, 6) is 0. The van der Waals surface area contributed by atoms with Crippen LogP contribution in [0, 0.1) is 0 Å². The van der Waals surface area contributed by atoms with Gasteiger partial charge in [-0.3, -0.25) is 4.90 Å². The molecule has 104 valence electrons. The van der Waals surface area contributed by atoms with Crippen LogP contribution in [0.25, 0.3) is 0 Å². The molecule has 0 aliphatic heterocycles. The molecule has 0 aromatic carbocycles. The van der Waals surface area contributed by atoms with E-state index in [1.165, 1.54) is 4.88 Å². The lowest BCUT2D eigenvalue weighted by atomic mass is 10.4. The highest BCUT2D eigenvalue weighted by atomic mass is 79.9. The van der Waals surface area contributed by atoms with E-state index in [-0.39, 0.29) is 0 Å². The van der Waals surface area contributed by atoms with Crippen molar-refractivity contribution in [2.75, 3.05) is 39.5 Å². The number of hydrogen-bond acceptors (Lipinski definition) is 4. The standard InChI is InChI=1S/C13H22BrNO2S/c1-3-16-7-5-15(6-8-17-4-2)10-13-9-12(14)11-18-13/h9,11H,3-8,10H2,1-2H3. The molecule has 0 aliphatic rings. The minimum atomic E-state index is 0.782. The van der Waals surface area contributed by atoms with Crippen LogP contribution in [-0.2, 0) is 16.0 Å². The second-order valence-corrected chi connectivity index (χ2v) is 5.81. The first-order valence-corrected chi connectivity index (χ1v) is 8.04. The fourth-order valence-corrected chi connectivity index (χ4v) is 3.10. The molecule has 0 N–H and O–H groups in total. The quantitative estimate of drug-likeness (QED) is 0.612. The van der Waals surface area contributed by atoms with Gasteiger partial charge < -0.3 is 9.47 Å². The number of rotatable bonds is 10. The lowest BCUT2D eigenvalue weighted by Crippen LogP contribution is -2.30. The van der Waals surface area contributed by atoms with Gasteiger partial charge in [0, 0.05) is 47.6 Å². The van der Waals surface area contributed by atoms with E-state index in [2.05, 4.69) is 32.3 Å². The molecule has 1 rings (SSSR count). The van der Waals surface area contributed by atoms with Crippen LogP contribution < -0.4 is 0 Å². The van der Waals surface area contributed by atoms with Crippen molar-refractivity contribution >= 4 is 27.3 Å². The maximum atomic E-state index is 5.42. The Bertz CT molecular complexity index is 310. The predicted octanol–water partition coefficient (Wildman–Crippen LogP) is 3.39. The number of hydrogen-bond donors (Lipinski definition) is 0. The molecule has 0 radical (unpaired) electrons. The molecule has 3 nitrogen and oxygen atoms in total. The normalized spacial score (nSPS) is 11.3. The van der Waals surface area contributed by atoms with Crippen LogP contribution in [0.1, 0.15) is 18.7 Å².